The fourth-order valence-corrected chi connectivity index (χ4v) is 6.99. The third kappa shape index (κ3) is 5.78. The molecule has 7 heteroatoms. The highest BCUT2D eigenvalue weighted by Gasteiger charge is 2.34. The van der Waals surface area contributed by atoms with Crippen molar-refractivity contribution in [2.45, 2.75) is 51.2 Å². The van der Waals surface area contributed by atoms with Crippen molar-refractivity contribution in [1.82, 2.24) is 14.7 Å². The molecule has 0 aromatic heterocycles. The number of likely N-dealkylation sites (tertiary alicyclic amines) is 1. The van der Waals surface area contributed by atoms with Gasteiger partial charge in [0.05, 0.1) is 5.56 Å². The molecule has 0 bridgehead atoms. The van der Waals surface area contributed by atoms with E-state index >= 15 is 0 Å². The van der Waals surface area contributed by atoms with Crippen LogP contribution in [0.25, 0.3) is 0 Å². The molecule has 0 aliphatic carbocycles. The van der Waals surface area contributed by atoms with Crippen molar-refractivity contribution in [3.63, 3.8) is 0 Å². The molecule has 6 rings (SSSR count). The average molecular weight is 605 g/mol. The zero-order valence-corrected chi connectivity index (χ0v) is 25.0. The molecule has 3 aromatic carbocycles. The predicted molar refractivity (Wildman–Crippen MR) is 161 cm³/mol. The molecule has 40 heavy (non-hydrogen) atoms. The maximum absolute atomic E-state index is 13.0. The second-order valence-corrected chi connectivity index (χ2v) is 12.2. The van der Waals surface area contributed by atoms with Crippen molar-refractivity contribution in [2.75, 3.05) is 39.5 Å². The summed E-state index contributed by atoms with van der Waals surface area (Å²) in [5.41, 5.74) is 4.67. The lowest BCUT2D eigenvalue weighted by molar-refractivity contribution is 0.0135. The third-order valence-corrected chi connectivity index (χ3v) is 9.58. The van der Waals surface area contributed by atoms with Crippen molar-refractivity contribution in [1.29, 1.82) is 0 Å². The van der Waals surface area contributed by atoms with Gasteiger partial charge in [-0.3, -0.25) is 14.6 Å². The number of carbonyl (C=O) groups excluding carboxylic acids is 1. The van der Waals surface area contributed by atoms with Gasteiger partial charge in [0, 0.05) is 55.3 Å². The number of hydrogen-bond donors (Lipinski definition) is 0. The number of rotatable bonds is 6. The van der Waals surface area contributed by atoms with E-state index in [1.54, 1.807) is 0 Å². The van der Waals surface area contributed by atoms with Crippen molar-refractivity contribution in [3.8, 4) is 11.5 Å². The van der Waals surface area contributed by atoms with Crippen molar-refractivity contribution in [2.24, 2.45) is 0 Å². The molecular weight excluding hydrogens is 566 g/mol. The fourth-order valence-electron chi connectivity index (χ4n) is 6.54. The Morgan fingerprint density at radius 3 is 2.40 bits per heavy atom. The first-order valence-electron chi connectivity index (χ1n) is 14.5. The summed E-state index contributed by atoms with van der Waals surface area (Å²) < 4.78 is 11.9. The zero-order valence-electron chi connectivity index (χ0n) is 23.4. The Balaban J connectivity index is 1.00. The van der Waals surface area contributed by atoms with Crippen molar-refractivity contribution >= 4 is 21.8 Å². The molecule has 0 spiro atoms. The van der Waals surface area contributed by atoms with E-state index < -0.39 is 0 Å². The Kier molecular flexibility index (Phi) is 8.15. The highest BCUT2D eigenvalue weighted by molar-refractivity contribution is 9.10. The molecular formula is C33H38BrN3O3. The number of piperazine rings is 1. The van der Waals surface area contributed by atoms with Gasteiger partial charge in [0.15, 0.2) is 11.5 Å². The number of fused-ring (bicyclic) bond motifs is 1. The second-order valence-electron chi connectivity index (χ2n) is 11.4. The number of piperidine rings is 1. The Hall–Kier alpha value is -2.87. The van der Waals surface area contributed by atoms with Crippen molar-refractivity contribution < 1.29 is 14.3 Å². The van der Waals surface area contributed by atoms with Crippen LogP contribution in [0.1, 0.15) is 59.8 Å². The number of carbonyl (C=O) groups is 1. The van der Waals surface area contributed by atoms with Crippen LogP contribution in [-0.4, -0.2) is 72.2 Å². The van der Waals surface area contributed by atoms with E-state index in [2.05, 4.69) is 76.0 Å². The lowest BCUT2D eigenvalue weighted by Gasteiger charge is -2.47. The van der Waals surface area contributed by atoms with Crippen LogP contribution in [0.15, 0.2) is 71.2 Å². The molecule has 3 aliphatic rings. The van der Waals surface area contributed by atoms with Gasteiger partial charge in [-0.15, -0.1) is 0 Å². The van der Waals surface area contributed by atoms with Gasteiger partial charge in [-0.05, 0) is 90.0 Å². The monoisotopic (exact) mass is 603 g/mol. The third-order valence-electron chi connectivity index (χ3n) is 8.89. The Labute approximate surface area is 246 Å². The first-order valence-corrected chi connectivity index (χ1v) is 15.3. The highest BCUT2D eigenvalue weighted by Crippen LogP contribution is 2.33. The second kappa shape index (κ2) is 11.9. The van der Waals surface area contributed by atoms with Gasteiger partial charge in [-0.2, -0.15) is 0 Å². The predicted octanol–water partition coefficient (Wildman–Crippen LogP) is 6.14. The van der Waals surface area contributed by atoms with Crippen LogP contribution in [0.2, 0.25) is 0 Å². The standard InChI is InChI=1S/C33H38BrN3O3/c1-23-21-36(28-13-15-35(16-14-28)33(38)29-5-3-4-6-30(29)34)17-18-37(23)24(2)27-10-7-25(8-11-27)19-26-9-12-31-32(20-26)40-22-39-31/h3-12,20,23-24,28H,13-19,21-22H2,1-2H3/t23-,24+/m1/s1. The summed E-state index contributed by atoms with van der Waals surface area (Å²) in [4.78, 5) is 20.4. The Bertz CT molecular complexity index is 1340. The maximum atomic E-state index is 13.0. The first-order chi connectivity index (χ1) is 19.5. The average Bonchev–Trinajstić information content (AvgIpc) is 3.45. The van der Waals surface area contributed by atoms with Gasteiger partial charge in [-0.25, -0.2) is 0 Å². The van der Waals surface area contributed by atoms with Gasteiger partial charge in [0.2, 0.25) is 6.79 Å². The molecule has 3 heterocycles. The van der Waals surface area contributed by atoms with Crippen LogP contribution in [-0.2, 0) is 6.42 Å². The summed E-state index contributed by atoms with van der Waals surface area (Å²) in [7, 11) is 0. The van der Waals surface area contributed by atoms with Crippen LogP contribution in [0.3, 0.4) is 0 Å². The van der Waals surface area contributed by atoms with E-state index in [-0.39, 0.29) is 5.91 Å². The van der Waals surface area contributed by atoms with Gasteiger partial charge in [-0.1, -0.05) is 42.5 Å². The van der Waals surface area contributed by atoms with Crippen molar-refractivity contribution in [3.05, 3.63) is 93.5 Å². The molecule has 0 radical (unpaired) electrons. The number of halogens is 1. The summed E-state index contributed by atoms with van der Waals surface area (Å²) in [6.07, 6.45) is 2.97. The molecule has 0 unspecified atom stereocenters. The molecule has 3 aromatic rings. The van der Waals surface area contributed by atoms with E-state index in [0.717, 1.165) is 73.5 Å². The van der Waals surface area contributed by atoms with Gasteiger partial charge in [0.1, 0.15) is 0 Å². The molecule has 0 N–H and O–H groups in total. The maximum Gasteiger partial charge on any atom is 0.254 e. The van der Waals surface area contributed by atoms with Crippen LogP contribution in [0, 0.1) is 0 Å². The van der Waals surface area contributed by atoms with E-state index in [4.69, 9.17) is 9.47 Å². The van der Waals surface area contributed by atoms with E-state index in [1.807, 2.05) is 35.2 Å². The smallest absolute Gasteiger partial charge is 0.254 e. The number of nitrogens with zero attached hydrogens (tertiary/aromatic N) is 3. The topological polar surface area (TPSA) is 45.2 Å². The van der Waals surface area contributed by atoms with Gasteiger partial charge in [0.25, 0.3) is 5.91 Å². The number of ether oxygens (including phenoxy) is 2. The molecule has 2 atom stereocenters. The van der Waals surface area contributed by atoms with Crippen LogP contribution >= 0.6 is 15.9 Å². The SMILES string of the molecule is C[C@@H]1CN(C2CCN(C(=O)c3ccccc3Br)CC2)CCN1[C@@H](C)c1ccc(Cc2ccc3c(c2)OCO3)cc1. The fraction of sp³-hybridized carbons (Fsp3) is 0.424. The Morgan fingerprint density at radius 2 is 1.65 bits per heavy atom. The molecule has 1 amide bonds. The highest BCUT2D eigenvalue weighted by atomic mass is 79.9. The number of amides is 1. The molecule has 2 saturated heterocycles. The Morgan fingerprint density at radius 1 is 0.925 bits per heavy atom. The van der Waals surface area contributed by atoms with Crippen LogP contribution < -0.4 is 9.47 Å². The van der Waals surface area contributed by atoms with E-state index in [9.17, 15) is 4.79 Å². The minimum atomic E-state index is 0.139. The summed E-state index contributed by atoms with van der Waals surface area (Å²) in [5, 5.41) is 0. The summed E-state index contributed by atoms with van der Waals surface area (Å²) in [5.74, 6) is 1.81. The molecule has 0 saturated carbocycles. The van der Waals surface area contributed by atoms with Crippen LogP contribution in [0.4, 0.5) is 0 Å². The zero-order chi connectivity index (χ0) is 27.6. The quantitative estimate of drug-likeness (QED) is 0.338. The van der Waals surface area contributed by atoms with Gasteiger partial charge >= 0.3 is 0 Å². The largest absolute Gasteiger partial charge is 0.454 e. The minimum absolute atomic E-state index is 0.139. The summed E-state index contributed by atoms with van der Waals surface area (Å²) >= 11 is 3.54. The molecule has 6 nitrogen and oxygen atoms in total. The van der Waals surface area contributed by atoms with E-state index in [1.165, 1.54) is 16.7 Å². The lowest BCUT2D eigenvalue weighted by Crippen LogP contribution is -2.57. The normalized spacial score (nSPS) is 21.0. The first kappa shape index (κ1) is 27.3. The molecule has 3 aliphatic heterocycles. The lowest BCUT2D eigenvalue weighted by atomic mass is 9.97. The number of benzene rings is 3. The van der Waals surface area contributed by atoms with Crippen LogP contribution in [0.5, 0.6) is 11.5 Å². The molecule has 2 fully saturated rings. The number of hydrogen-bond acceptors (Lipinski definition) is 5. The summed E-state index contributed by atoms with van der Waals surface area (Å²) in [6, 6.07) is 24.5. The molecule has 210 valence electrons. The van der Waals surface area contributed by atoms with E-state index in [0.29, 0.717) is 24.9 Å². The minimum Gasteiger partial charge on any atom is -0.454 e. The summed E-state index contributed by atoms with van der Waals surface area (Å²) in [6.45, 7) is 9.90. The van der Waals surface area contributed by atoms with Gasteiger partial charge < -0.3 is 14.4 Å².